The highest BCUT2D eigenvalue weighted by atomic mass is 15.0. The van der Waals surface area contributed by atoms with Crippen molar-refractivity contribution in [3.63, 3.8) is 0 Å². The van der Waals surface area contributed by atoms with Gasteiger partial charge in [0.05, 0.1) is 0 Å². The van der Waals surface area contributed by atoms with E-state index in [2.05, 4.69) is 39.8 Å². The van der Waals surface area contributed by atoms with E-state index >= 15 is 0 Å². The Morgan fingerprint density at radius 2 is 1.36 bits per heavy atom. The first kappa shape index (κ1) is 16.4. The van der Waals surface area contributed by atoms with Crippen molar-refractivity contribution < 1.29 is 0 Å². The minimum absolute atomic E-state index is 1.07. The average molecular weight is 200 g/mol. The molecule has 0 aromatic carbocycles. The summed E-state index contributed by atoms with van der Waals surface area (Å²) in [5.41, 5.74) is 0. The fourth-order valence-corrected chi connectivity index (χ4v) is 1.03. The SMILES string of the molecule is CCCCCCCN(C)C.[CH2]CCC. The summed E-state index contributed by atoms with van der Waals surface area (Å²) in [5.74, 6) is 0. The van der Waals surface area contributed by atoms with Gasteiger partial charge in [-0.3, -0.25) is 0 Å². The third-order valence-corrected chi connectivity index (χ3v) is 2.06. The van der Waals surface area contributed by atoms with Gasteiger partial charge >= 0.3 is 0 Å². The Morgan fingerprint density at radius 3 is 1.71 bits per heavy atom. The molecule has 1 nitrogen and oxygen atoms in total. The lowest BCUT2D eigenvalue weighted by atomic mass is 10.1. The lowest BCUT2D eigenvalue weighted by Gasteiger charge is -2.07. The van der Waals surface area contributed by atoms with Crippen LogP contribution in [-0.4, -0.2) is 25.5 Å². The van der Waals surface area contributed by atoms with E-state index < -0.39 is 0 Å². The molecule has 14 heavy (non-hydrogen) atoms. The standard InChI is InChI=1S/C9H21N.C4H9/c1-4-5-6-7-8-9-10(2)3;1-3-4-2/h4-9H2,1-3H3;1,3-4H2,2H3. The van der Waals surface area contributed by atoms with Crippen LogP contribution in [0.3, 0.4) is 0 Å². The predicted octanol–water partition coefficient (Wildman–Crippen LogP) is 4.14. The molecule has 87 valence electrons. The topological polar surface area (TPSA) is 3.24 Å². The molecule has 0 amide bonds. The smallest absolute Gasteiger partial charge is 0.00248 e. The monoisotopic (exact) mass is 200 g/mol. The Morgan fingerprint density at radius 1 is 0.857 bits per heavy atom. The quantitative estimate of drug-likeness (QED) is 0.558. The molecule has 0 rings (SSSR count). The van der Waals surface area contributed by atoms with Gasteiger partial charge < -0.3 is 4.90 Å². The lowest BCUT2D eigenvalue weighted by Crippen LogP contribution is -2.12. The largest absolute Gasteiger partial charge is 0.309 e. The van der Waals surface area contributed by atoms with Crippen molar-refractivity contribution >= 4 is 0 Å². The van der Waals surface area contributed by atoms with E-state index in [0.29, 0.717) is 0 Å². The molecule has 0 atom stereocenters. The fourth-order valence-electron chi connectivity index (χ4n) is 1.03. The van der Waals surface area contributed by atoms with Gasteiger partial charge in [0.15, 0.2) is 0 Å². The first-order valence-electron chi connectivity index (χ1n) is 6.12. The van der Waals surface area contributed by atoms with Gasteiger partial charge in [0.1, 0.15) is 0 Å². The molecule has 0 spiro atoms. The van der Waals surface area contributed by atoms with E-state index in [1.165, 1.54) is 45.1 Å². The zero-order valence-corrected chi connectivity index (χ0v) is 10.8. The predicted molar refractivity (Wildman–Crippen MR) is 67.6 cm³/mol. The molecular weight excluding hydrogens is 170 g/mol. The number of nitrogens with zero attached hydrogens (tertiary/aromatic N) is 1. The molecule has 0 aromatic rings. The summed E-state index contributed by atoms with van der Waals surface area (Å²) in [6.07, 6.45) is 9.23. The van der Waals surface area contributed by atoms with Crippen LogP contribution in [0.5, 0.6) is 0 Å². The Hall–Kier alpha value is -0.0400. The van der Waals surface area contributed by atoms with E-state index in [1.54, 1.807) is 0 Å². The molecule has 0 aliphatic heterocycles. The molecule has 1 heteroatoms. The summed E-state index contributed by atoms with van der Waals surface area (Å²) in [5, 5.41) is 0. The zero-order chi connectivity index (χ0) is 11.2. The van der Waals surface area contributed by atoms with Crippen molar-refractivity contribution in [2.75, 3.05) is 20.6 Å². The summed E-state index contributed by atoms with van der Waals surface area (Å²) in [4.78, 5) is 2.26. The third-order valence-electron chi connectivity index (χ3n) is 2.06. The Balaban J connectivity index is 0. The van der Waals surface area contributed by atoms with Crippen molar-refractivity contribution in [1.82, 2.24) is 4.90 Å². The van der Waals surface area contributed by atoms with Gasteiger partial charge in [-0.05, 0) is 27.1 Å². The van der Waals surface area contributed by atoms with Crippen LogP contribution in [0.4, 0.5) is 0 Å². The van der Waals surface area contributed by atoms with Crippen LogP contribution in [0.1, 0.15) is 58.8 Å². The molecule has 0 aromatic heterocycles. The normalized spacial score (nSPS) is 9.86. The molecule has 1 radical (unpaired) electrons. The first-order chi connectivity index (χ1) is 6.68. The Labute approximate surface area is 91.9 Å². The Bertz CT molecular complexity index is 77.3. The van der Waals surface area contributed by atoms with Crippen molar-refractivity contribution in [1.29, 1.82) is 0 Å². The van der Waals surface area contributed by atoms with Gasteiger partial charge in [-0.1, -0.05) is 59.3 Å². The molecule has 0 heterocycles. The van der Waals surface area contributed by atoms with Gasteiger partial charge in [0.2, 0.25) is 0 Å². The lowest BCUT2D eigenvalue weighted by molar-refractivity contribution is 0.390. The molecule has 0 aliphatic rings. The van der Waals surface area contributed by atoms with Crippen LogP contribution in [0.15, 0.2) is 0 Å². The number of unbranched alkanes of at least 4 members (excludes halogenated alkanes) is 5. The molecule has 0 fully saturated rings. The summed E-state index contributed by atoms with van der Waals surface area (Å²) in [6.45, 7) is 9.23. The highest BCUT2D eigenvalue weighted by molar-refractivity contribution is 4.45. The van der Waals surface area contributed by atoms with Crippen molar-refractivity contribution in [2.24, 2.45) is 0 Å². The molecule has 0 saturated heterocycles. The maximum Gasteiger partial charge on any atom is -0.00248 e. The van der Waals surface area contributed by atoms with Gasteiger partial charge in [-0.2, -0.15) is 0 Å². The van der Waals surface area contributed by atoms with Crippen LogP contribution >= 0.6 is 0 Å². The molecular formula is C13H30N. The average Bonchev–Trinajstić information content (AvgIpc) is 2.18. The number of hydrogen-bond acceptors (Lipinski definition) is 1. The van der Waals surface area contributed by atoms with Crippen molar-refractivity contribution in [3.8, 4) is 0 Å². The van der Waals surface area contributed by atoms with Crippen molar-refractivity contribution in [3.05, 3.63) is 6.92 Å². The highest BCUT2D eigenvalue weighted by Gasteiger charge is 1.89. The van der Waals surface area contributed by atoms with E-state index in [-0.39, 0.29) is 0 Å². The summed E-state index contributed by atoms with van der Waals surface area (Å²) in [6, 6.07) is 0. The zero-order valence-electron chi connectivity index (χ0n) is 10.8. The van der Waals surface area contributed by atoms with Crippen LogP contribution in [-0.2, 0) is 0 Å². The van der Waals surface area contributed by atoms with E-state index in [1.807, 2.05) is 0 Å². The van der Waals surface area contributed by atoms with Gasteiger partial charge in [-0.25, -0.2) is 0 Å². The second-order valence-electron chi connectivity index (χ2n) is 4.07. The van der Waals surface area contributed by atoms with Gasteiger partial charge in [0, 0.05) is 0 Å². The maximum atomic E-state index is 3.60. The molecule has 0 unspecified atom stereocenters. The van der Waals surface area contributed by atoms with Crippen LogP contribution in [0, 0.1) is 6.92 Å². The molecule has 0 bridgehead atoms. The highest BCUT2D eigenvalue weighted by Crippen LogP contribution is 2.01. The molecule has 0 saturated carbocycles. The maximum absolute atomic E-state index is 3.60. The second-order valence-corrected chi connectivity index (χ2v) is 4.07. The van der Waals surface area contributed by atoms with Crippen LogP contribution in [0.2, 0.25) is 0 Å². The van der Waals surface area contributed by atoms with E-state index in [4.69, 9.17) is 0 Å². The van der Waals surface area contributed by atoms with Crippen LogP contribution < -0.4 is 0 Å². The summed E-state index contributed by atoms with van der Waals surface area (Å²) >= 11 is 0. The van der Waals surface area contributed by atoms with E-state index in [9.17, 15) is 0 Å². The third kappa shape index (κ3) is 22.7. The first-order valence-corrected chi connectivity index (χ1v) is 6.12. The van der Waals surface area contributed by atoms with Crippen molar-refractivity contribution in [2.45, 2.75) is 58.8 Å². The second kappa shape index (κ2) is 15.4. The van der Waals surface area contributed by atoms with E-state index in [0.717, 1.165) is 6.42 Å². The van der Waals surface area contributed by atoms with Crippen LogP contribution in [0.25, 0.3) is 0 Å². The minimum Gasteiger partial charge on any atom is -0.309 e. The Kier molecular flexibility index (Phi) is 18.1. The number of rotatable bonds is 7. The minimum atomic E-state index is 1.07. The summed E-state index contributed by atoms with van der Waals surface area (Å²) in [7, 11) is 4.28. The molecule has 0 N–H and O–H groups in total. The summed E-state index contributed by atoms with van der Waals surface area (Å²) < 4.78 is 0. The van der Waals surface area contributed by atoms with Gasteiger partial charge in [-0.15, -0.1) is 0 Å². The molecule has 0 aliphatic carbocycles. The van der Waals surface area contributed by atoms with Gasteiger partial charge in [0.25, 0.3) is 0 Å². The number of hydrogen-bond donors (Lipinski definition) is 0. The fraction of sp³-hybridized carbons (Fsp3) is 0.923.